The molecule has 0 atom stereocenters. The average molecular weight is 210 g/mol. The Morgan fingerprint density at radius 1 is 1.25 bits per heavy atom. The SMILES string of the molecule is Cc1cccc(-c2nccn3cnnc23)c1. The molecule has 2 heterocycles. The molecule has 4 heteroatoms. The predicted octanol–water partition coefficient (Wildman–Crippen LogP) is 2.10. The first kappa shape index (κ1) is 9.03. The fourth-order valence-electron chi connectivity index (χ4n) is 1.75. The number of fused-ring (bicyclic) bond motifs is 1. The van der Waals surface area contributed by atoms with Crippen LogP contribution in [0.15, 0.2) is 43.0 Å². The summed E-state index contributed by atoms with van der Waals surface area (Å²) < 4.78 is 1.87. The van der Waals surface area contributed by atoms with E-state index in [1.165, 1.54) is 5.56 Å². The average Bonchev–Trinajstić information content (AvgIpc) is 2.76. The van der Waals surface area contributed by atoms with Crippen LogP contribution in [0.5, 0.6) is 0 Å². The van der Waals surface area contributed by atoms with Crippen molar-refractivity contribution in [2.24, 2.45) is 0 Å². The van der Waals surface area contributed by atoms with Gasteiger partial charge in [0.25, 0.3) is 0 Å². The molecule has 3 rings (SSSR count). The highest BCUT2D eigenvalue weighted by molar-refractivity contribution is 5.73. The third-order valence-corrected chi connectivity index (χ3v) is 2.51. The molecule has 0 saturated carbocycles. The molecule has 0 radical (unpaired) electrons. The lowest BCUT2D eigenvalue weighted by Crippen LogP contribution is -1.91. The van der Waals surface area contributed by atoms with Gasteiger partial charge in [0, 0.05) is 18.0 Å². The van der Waals surface area contributed by atoms with Crippen molar-refractivity contribution < 1.29 is 0 Å². The van der Waals surface area contributed by atoms with Gasteiger partial charge >= 0.3 is 0 Å². The topological polar surface area (TPSA) is 43.1 Å². The third kappa shape index (κ3) is 1.35. The normalized spacial score (nSPS) is 10.8. The number of rotatable bonds is 1. The van der Waals surface area contributed by atoms with Gasteiger partial charge < -0.3 is 0 Å². The highest BCUT2D eigenvalue weighted by Gasteiger charge is 2.06. The first-order valence-corrected chi connectivity index (χ1v) is 5.06. The van der Waals surface area contributed by atoms with Crippen molar-refractivity contribution in [2.75, 3.05) is 0 Å². The summed E-state index contributed by atoms with van der Waals surface area (Å²) in [5.74, 6) is 0. The van der Waals surface area contributed by atoms with Crippen LogP contribution in [0.3, 0.4) is 0 Å². The molecule has 0 aliphatic heterocycles. The third-order valence-electron chi connectivity index (χ3n) is 2.51. The van der Waals surface area contributed by atoms with Gasteiger partial charge in [0.15, 0.2) is 5.65 Å². The van der Waals surface area contributed by atoms with Gasteiger partial charge in [-0.25, -0.2) is 0 Å². The van der Waals surface area contributed by atoms with E-state index in [1.54, 1.807) is 12.5 Å². The molecule has 1 aromatic carbocycles. The lowest BCUT2D eigenvalue weighted by atomic mass is 10.1. The molecule has 0 saturated heterocycles. The van der Waals surface area contributed by atoms with Crippen LogP contribution >= 0.6 is 0 Å². The van der Waals surface area contributed by atoms with Crippen molar-refractivity contribution in [3.63, 3.8) is 0 Å². The summed E-state index contributed by atoms with van der Waals surface area (Å²) in [5, 5.41) is 7.96. The Kier molecular flexibility index (Phi) is 1.93. The molecule has 0 aliphatic carbocycles. The summed E-state index contributed by atoms with van der Waals surface area (Å²) in [6.45, 7) is 2.06. The Balaban J connectivity index is 2.29. The van der Waals surface area contributed by atoms with Crippen LogP contribution in [0.1, 0.15) is 5.56 Å². The van der Waals surface area contributed by atoms with Crippen molar-refractivity contribution >= 4 is 5.65 Å². The first-order chi connectivity index (χ1) is 7.84. The number of benzene rings is 1. The number of hydrogen-bond donors (Lipinski definition) is 0. The number of aryl methyl sites for hydroxylation is 1. The fourth-order valence-corrected chi connectivity index (χ4v) is 1.75. The Labute approximate surface area is 92.6 Å². The van der Waals surface area contributed by atoms with E-state index in [0.29, 0.717) is 0 Å². The zero-order valence-corrected chi connectivity index (χ0v) is 8.83. The van der Waals surface area contributed by atoms with Gasteiger partial charge in [-0.05, 0) is 13.0 Å². The van der Waals surface area contributed by atoms with E-state index in [9.17, 15) is 0 Å². The maximum Gasteiger partial charge on any atom is 0.187 e. The van der Waals surface area contributed by atoms with Crippen LogP contribution < -0.4 is 0 Å². The minimum Gasteiger partial charge on any atom is -0.286 e. The molecule has 78 valence electrons. The Morgan fingerprint density at radius 2 is 2.19 bits per heavy atom. The van der Waals surface area contributed by atoms with E-state index < -0.39 is 0 Å². The smallest absolute Gasteiger partial charge is 0.187 e. The quantitative estimate of drug-likeness (QED) is 0.617. The predicted molar refractivity (Wildman–Crippen MR) is 61.0 cm³/mol. The maximum absolute atomic E-state index is 4.37. The van der Waals surface area contributed by atoms with Crippen molar-refractivity contribution in [1.82, 2.24) is 19.6 Å². The summed E-state index contributed by atoms with van der Waals surface area (Å²) >= 11 is 0. The largest absolute Gasteiger partial charge is 0.286 e. The Hall–Kier alpha value is -2.23. The molecular weight excluding hydrogens is 200 g/mol. The van der Waals surface area contributed by atoms with Crippen LogP contribution in [0, 0.1) is 6.92 Å². The van der Waals surface area contributed by atoms with Gasteiger partial charge in [0.05, 0.1) is 0 Å². The lowest BCUT2D eigenvalue weighted by Gasteiger charge is -2.02. The van der Waals surface area contributed by atoms with Crippen LogP contribution in [0.2, 0.25) is 0 Å². The van der Waals surface area contributed by atoms with Gasteiger partial charge in [0.1, 0.15) is 12.0 Å². The van der Waals surface area contributed by atoms with E-state index in [1.807, 2.05) is 22.7 Å². The maximum atomic E-state index is 4.37. The van der Waals surface area contributed by atoms with Gasteiger partial charge in [-0.2, -0.15) is 0 Å². The van der Waals surface area contributed by atoms with E-state index in [-0.39, 0.29) is 0 Å². The lowest BCUT2D eigenvalue weighted by molar-refractivity contribution is 1.10. The summed E-state index contributed by atoms with van der Waals surface area (Å²) in [4.78, 5) is 4.37. The molecule has 0 fully saturated rings. The van der Waals surface area contributed by atoms with Gasteiger partial charge in [-0.15, -0.1) is 10.2 Å². The molecule has 0 N–H and O–H groups in total. The Bertz CT molecular complexity index is 642. The molecular formula is C12H10N4. The fraction of sp³-hybridized carbons (Fsp3) is 0.0833. The van der Waals surface area contributed by atoms with Crippen molar-refractivity contribution in [1.29, 1.82) is 0 Å². The summed E-state index contributed by atoms with van der Waals surface area (Å²) in [6, 6.07) is 8.21. The van der Waals surface area contributed by atoms with E-state index in [0.717, 1.165) is 16.9 Å². The second-order valence-electron chi connectivity index (χ2n) is 3.71. The van der Waals surface area contributed by atoms with E-state index in [2.05, 4.69) is 34.2 Å². The van der Waals surface area contributed by atoms with Gasteiger partial charge in [-0.3, -0.25) is 9.38 Å². The molecule has 0 spiro atoms. The monoisotopic (exact) mass is 210 g/mol. The molecule has 16 heavy (non-hydrogen) atoms. The number of nitrogens with zero attached hydrogens (tertiary/aromatic N) is 4. The molecule has 0 aliphatic rings. The second kappa shape index (κ2) is 3.41. The molecule has 0 amide bonds. The highest BCUT2D eigenvalue weighted by atomic mass is 15.2. The molecule has 3 aromatic rings. The number of aromatic nitrogens is 4. The molecule has 2 aromatic heterocycles. The van der Waals surface area contributed by atoms with Crippen LogP contribution in [0.25, 0.3) is 16.9 Å². The van der Waals surface area contributed by atoms with E-state index in [4.69, 9.17) is 0 Å². The van der Waals surface area contributed by atoms with Gasteiger partial charge in [-0.1, -0.05) is 23.8 Å². The van der Waals surface area contributed by atoms with Crippen molar-refractivity contribution in [2.45, 2.75) is 6.92 Å². The first-order valence-electron chi connectivity index (χ1n) is 5.06. The van der Waals surface area contributed by atoms with Crippen LogP contribution in [-0.4, -0.2) is 19.6 Å². The van der Waals surface area contributed by atoms with Crippen LogP contribution in [0.4, 0.5) is 0 Å². The standard InChI is InChI=1S/C12H10N4/c1-9-3-2-4-10(7-9)11-12-15-14-8-16(12)6-5-13-11/h2-8H,1H3. The zero-order chi connectivity index (χ0) is 11.0. The number of hydrogen-bond acceptors (Lipinski definition) is 3. The summed E-state index contributed by atoms with van der Waals surface area (Å²) in [5.41, 5.74) is 3.93. The molecule has 0 unspecified atom stereocenters. The molecule has 4 nitrogen and oxygen atoms in total. The van der Waals surface area contributed by atoms with Gasteiger partial charge in [0.2, 0.25) is 0 Å². The van der Waals surface area contributed by atoms with E-state index >= 15 is 0 Å². The summed E-state index contributed by atoms with van der Waals surface area (Å²) in [7, 11) is 0. The minimum absolute atomic E-state index is 0.785. The van der Waals surface area contributed by atoms with Crippen molar-refractivity contribution in [3.05, 3.63) is 48.5 Å². The second-order valence-corrected chi connectivity index (χ2v) is 3.71. The highest BCUT2D eigenvalue weighted by Crippen LogP contribution is 2.20. The summed E-state index contributed by atoms with van der Waals surface area (Å²) in [6.07, 6.45) is 5.28. The van der Waals surface area contributed by atoms with Crippen LogP contribution in [-0.2, 0) is 0 Å². The zero-order valence-electron chi connectivity index (χ0n) is 8.83. The molecule has 0 bridgehead atoms. The van der Waals surface area contributed by atoms with Crippen molar-refractivity contribution in [3.8, 4) is 11.3 Å². The minimum atomic E-state index is 0.785. The Morgan fingerprint density at radius 3 is 3.06 bits per heavy atom.